The van der Waals surface area contributed by atoms with Crippen LogP contribution in [0.5, 0.6) is 0 Å². The number of nitrogens with one attached hydrogen (secondary N) is 1. The van der Waals surface area contributed by atoms with Crippen molar-refractivity contribution in [3.63, 3.8) is 0 Å². The number of halogens is 3. The van der Waals surface area contributed by atoms with E-state index in [2.05, 4.69) is 18.8 Å². The molecule has 0 aliphatic carbocycles. The predicted molar refractivity (Wildman–Crippen MR) is 75.9 cm³/mol. The zero-order valence-electron chi connectivity index (χ0n) is 11.8. The highest BCUT2D eigenvalue weighted by molar-refractivity contribution is 5.87. The third kappa shape index (κ3) is 2.84. The standard InChI is InChI=1S/C16H20F3N/c1-3-5-7-11(4-2)13-10-20-15-12(13)8-6-9-14(15)16(17,18)19/h6,8-11,20H,3-5,7H2,1-2H3. The van der Waals surface area contributed by atoms with E-state index in [0.29, 0.717) is 11.3 Å². The lowest BCUT2D eigenvalue weighted by Crippen LogP contribution is -2.05. The number of para-hydroxylation sites is 1. The van der Waals surface area contributed by atoms with E-state index < -0.39 is 11.7 Å². The quantitative estimate of drug-likeness (QED) is 0.706. The van der Waals surface area contributed by atoms with E-state index in [0.717, 1.165) is 37.3 Å². The fourth-order valence-corrected chi connectivity index (χ4v) is 2.78. The summed E-state index contributed by atoms with van der Waals surface area (Å²) in [4.78, 5) is 2.83. The van der Waals surface area contributed by atoms with E-state index in [-0.39, 0.29) is 5.52 Å². The minimum Gasteiger partial charge on any atom is -0.360 e. The number of alkyl halides is 3. The number of aromatic amines is 1. The van der Waals surface area contributed by atoms with Crippen molar-refractivity contribution in [1.82, 2.24) is 4.98 Å². The topological polar surface area (TPSA) is 15.8 Å². The van der Waals surface area contributed by atoms with Crippen LogP contribution in [-0.4, -0.2) is 4.98 Å². The molecule has 1 aromatic heterocycles. The van der Waals surface area contributed by atoms with Gasteiger partial charge in [-0.3, -0.25) is 0 Å². The summed E-state index contributed by atoms with van der Waals surface area (Å²) in [6.07, 6.45) is 1.62. The third-order valence-electron chi connectivity index (χ3n) is 3.89. The Morgan fingerprint density at radius 1 is 1.20 bits per heavy atom. The fourth-order valence-electron chi connectivity index (χ4n) is 2.78. The van der Waals surface area contributed by atoms with Gasteiger partial charge in [0.05, 0.1) is 11.1 Å². The zero-order valence-corrected chi connectivity index (χ0v) is 11.8. The molecule has 1 atom stereocenters. The zero-order chi connectivity index (χ0) is 14.8. The Labute approximate surface area is 117 Å². The van der Waals surface area contributed by atoms with Gasteiger partial charge in [-0.2, -0.15) is 13.2 Å². The molecule has 1 N–H and O–H groups in total. The molecule has 20 heavy (non-hydrogen) atoms. The highest BCUT2D eigenvalue weighted by Crippen LogP contribution is 2.38. The molecule has 1 aromatic carbocycles. The molecule has 0 amide bonds. The van der Waals surface area contributed by atoms with Crippen molar-refractivity contribution in [3.8, 4) is 0 Å². The Bertz CT molecular complexity index is 569. The number of benzene rings is 1. The lowest BCUT2D eigenvalue weighted by molar-refractivity contribution is -0.136. The van der Waals surface area contributed by atoms with Gasteiger partial charge in [-0.25, -0.2) is 0 Å². The molecule has 4 heteroatoms. The van der Waals surface area contributed by atoms with E-state index in [1.807, 2.05) is 0 Å². The van der Waals surface area contributed by atoms with Crippen molar-refractivity contribution in [1.29, 1.82) is 0 Å². The maximum absolute atomic E-state index is 13.0. The second kappa shape index (κ2) is 5.90. The van der Waals surface area contributed by atoms with Gasteiger partial charge >= 0.3 is 6.18 Å². The molecule has 2 aromatic rings. The van der Waals surface area contributed by atoms with Gasteiger partial charge in [0.2, 0.25) is 0 Å². The van der Waals surface area contributed by atoms with E-state index in [1.54, 1.807) is 12.3 Å². The smallest absolute Gasteiger partial charge is 0.360 e. The van der Waals surface area contributed by atoms with Gasteiger partial charge in [-0.05, 0) is 30.4 Å². The minimum atomic E-state index is -4.31. The lowest BCUT2D eigenvalue weighted by Gasteiger charge is -2.14. The van der Waals surface area contributed by atoms with Crippen LogP contribution in [0.3, 0.4) is 0 Å². The first kappa shape index (κ1) is 14.9. The Morgan fingerprint density at radius 3 is 2.55 bits per heavy atom. The summed E-state index contributed by atoms with van der Waals surface area (Å²) in [5, 5.41) is 0.711. The molecule has 110 valence electrons. The molecule has 0 saturated heterocycles. The van der Waals surface area contributed by atoms with Crippen LogP contribution in [0.1, 0.15) is 56.6 Å². The van der Waals surface area contributed by atoms with Gasteiger partial charge in [0.1, 0.15) is 0 Å². The van der Waals surface area contributed by atoms with E-state index in [4.69, 9.17) is 0 Å². The SMILES string of the molecule is CCCCC(CC)c1c[nH]c2c(C(F)(F)F)cccc12. The van der Waals surface area contributed by atoms with Gasteiger partial charge < -0.3 is 4.98 Å². The number of aromatic nitrogens is 1. The molecular formula is C16H20F3N. The first-order valence-electron chi connectivity index (χ1n) is 7.16. The Hall–Kier alpha value is -1.45. The molecule has 0 saturated carbocycles. The molecule has 1 unspecified atom stereocenters. The van der Waals surface area contributed by atoms with Crippen LogP contribution in [0.25, 0.3) is 10.9 Å². The Balaban J connectivity index is 2.46. The van der Waals surface area contributed by atoms with Crippen LogP contribution in [0.2, 0.25) is 0 Å². The molecule has 0 radical (unpaired) electrons. The predicted octanol–water partition coefficient (Wildman–Crippen LogP) is 5.87. The van der Waals surface area contributed by atoms with Crippen molar-refractivity contribution >= 4 is 10.9 Å². The van der Waals surface area contributed by atoms with Crippen molar-refractivity contribution in [2.75, 3.05) is 0 Å². The lowest BCUT2D eigenvalue weighted by atomic mass is 9.90. The summed E-state index contributed by atoms with van der Waals surface area (Å²) >= 11 is 0. The first-order valence-corrected chi connectivity index (χ1v) is 7.16. The van der Waals surface area contributed by atoms with E-state index in [9.17, 15) is 13.2 Å². The number of rotatable bonds is 5. The summed E-state index contributed by atoms with van der Waals surface area (Å²) in [5.41, 5.74) is 0.651. The van der Waals surface area contributed by atoms with Crippen LogP contribution in [-0.2, 0) is 6.18 Å². The van der Waals surface area contributed by atoms with Gasteiger partial charge in [-0.1, -0.05) is 38.8 Å². The maximum atomic E-state index is 13.0. The summed E-state index contributed by atoms with van der Waals surface area (Å²) < 4.78 is 39.0. The van der Waals surface area contributed by atoms with Gasteiger partial charge in [0.25, 0.3) is 0 Å². The normalized spacial score (nSPS) is 13.8. The average molecular weight is 283 g/mol. The molecular weight excluding hydrogens is 263 g/mol. The maximum Gasteiger partial charge on any atom is 0.418 e. The monoisotopic (exact) mass is 283 g/mol. The third-order valence-corrected chi connectivity index (χ3v) is 3.89. The summed E-state index contributed by atoms with van der Waals surface area (Å²) in [5.74, 6) is 0.326. The molecule has 2 rings (SSSR count). The van der Waals surface area contributed by atoms with Crippen LogP contribution in [0.15, 0.2) is 24.4 Å². The largest absolute Gasteiger partial charge is 0.418 e. The van der Waals surface area contributed by atoms with Crippen molar-refractivity contribution in [2.45, 2.75) is 51.6 Å². The first-order chi connectivity index (χ1) is 9.49. The fraction of sp³-hybridized carbons (Fsp3) is 0.500. The Morgan fingerprint density at radius 2 is 1.95 bits per heavy atom. The average Bonchev–Trinajstić information content (AvgIpc) is 2.82. The van der Waals surface area contributed by atoms with Crippen LogP contribution in [0.4, 0.5) is 13.2 Å². The van der Waals surface area contributed by atoms with E-state index >= 15 is 0 Å². The highest BCUT2D eigenvalue weighted by atomic mass is 19.4. The summed E-state index contributed by atoms with van der Waals surface area (Å²) in [6, 6.07) is 4.41. The minimum absolute atomic E-state index is 0.213. The van der Waals surface area contributed by atoms with Gasteiger partial charge in [0, 0.05) is 11.6 Å². The highest BCUT2D eigenvalue weighted by Gasteiger charge is 2.33. The molecule has 0 aliphatic heterocycles. The van der Waals surface area contributed by atoms with Crippen LogP contribution >= 0.6 is 0 Å². The molecule has 0 bridgehead atoms. The number of unbranched alkanes of at least 4 members (excludes halogenated alkanes) is 1. The second-order valence-corrected chi connectivity index (χ2v) is 5.22. The molecule has 0 aliphatic rings. The molecule has 0 spiro atoms. The molecule has 1 heterocycles. The van der Waals surface area contributed by atoms with Crippen molar-refractivity contribution < 1.29 is 13.2 Å². The van der Waals surface area contributed by atoms with E-state index in [1.165, 1.54) is 6.07 Å². The van der Waals surface area contributed by atoms with Crippen LogP contribution in [0, 0.1) is 0 Å². The van der Waals surface area contributed by atoms with Gasteiger partial charge in [-0.15, -0.1) is 0 Å². The van der Waals surface area contributed by atoms with Crippen molar-refractivity contribution in [3.05, 3.63) is 35.5 Å². The number of hydrogen-bond donors (Lipinski definition) is 1. The molecule has 0 fully saturated rings. The van der Waals surface area contributed by atoms with Crippen LogP contribution < -0.4 is 0 Å². The number of H-pyrrole nitrogens is 1. The molecule has 1 nitrogen and oxygen atoms in total. The van der Waals surface area contributed by atoms with Crippen molar-refractivity contribution in [2.24, 2.45) is 0 Å². The summed E-state index contributed by atoms with van der Waals surface area (Å²) in [6.45, 7) is 4.22. The Kier molecular flexibility index (Phi) is 4.41. The number of hydrogen-bond acceptors (Lipinski definition) is 0. The number of fused-ring (bicyclic) bond motifs is 1. The second-order valence-electron chi connectivity index (χ2n) is 5.22. The summed E-state index contributed by atoms with van der Waals surface area (Å²) in [7, 11) is 0. The van der Waals surface area contributed by atoms with Gasteiger partial charge in [0.15, 0.2) is 0 Å².